The number of alkyl halides is 1. The van der Waals surface area contributed by atoms with Gasteiger partial charge in [0.2, 0.25) is 5.91 Å². The molecule has 0 bridgehead atoms. The molecular weight excluding hydrogens is 286 g/mol. The molecule has 2 nitrogen and oxygen atoms in total. The molecule has 1 aliphatic rings. The minimum atomic E-state index is 0.210. The van der Waals surface area contributed by atoms with Gasteiger partial charge in [0.25, 0.3) is 0 Å². The second-order valence-electron chi connectivity index (χ2n) is 4.56. The minimum absolute atomic E-state index is 0.210. The molecule has 1 rings (SSSR count). The third-order valence-corrected chi connectivity index (χ3v) is 6.21. The number of hydrogen-bond donors (Lipinski definition) is 1. The average Bonchev–Trinajstić information content (AvgIpc) is 2.85. The van der Waals surface area contributed by atoms with Gasteiger partial charge in [0.1, 0.15) is 0 Å². The maximum absolute atomic E-state index is 11.9. The van der Waals surface area contributed by atoms with E-state index in [0.717, 1.165) is 36.9 Å². The van der Waals surface area contributed by atoms with Crippen LogP contribution in [0.15, 0.2) is 0 Å². The summed E-state index contributed by atoms with van der Waals surface area (Å²) in [5.41, 5.74) is 0.235. The van der Waals surface area contributed by atoms with Gasteiger partial charge in [0.15, 0.2) is 0 Å². The lowest BCUT2D eigenvalue weighted by atomic mass is 9.84. The summed E-state index contributed by atoms with van der Waals surface area (Å²) in [6.45, 7) is 5.20. The van der Waals surface area contributed by atoms with Gasteiger partial charge in [-0.3, -0.25) is 4.79 Å². The second-order valence-corrected chi connectivity index (χ2v) is 6.43. The van der Waals surface area contributed by atoms with Gasteiger partial charge in [0.05, 0.1) is 5.25 Å². The fourth-order valence-corrected chi connectivity index (χ4v) is 4.09. The molecule has 0 aromatic rings. The van der Waals surface area contributed by atoms with Crippen molar-refractivity contribution >= 4 is 33.6 Å². The van der Waals surface area contributed by atoms with Gasteiger partial charge in [0, 0.05) is 11.9 Å². The second kappa shape index (κ2) is 6.90. The first-order valence-corrected chi connectivity index (χ1v) is 8.29. The fourth-order valence-electron chi connectivity index (χ4n) is 1.91. The summed E-state index contributed by atoms with van der Waals surface area (Å²) in [4.78, 5) is 11.9. The van der Waals surface area contributed by atoms with Crippen molar-refractivity contribution in [3.05, 3.63) is 0 Å². The van der Waals surface area contributed by atoms with Crippen LogP contribution in [0.4, 0.5) is 0 Å². The molecule has 1 N–H and O–H groups in total. The zero-order chi connectivity index (χ0) is 12.0. The summed E-state index contributed by atoms with van der Waals surface area (Å²) in [7, 11) is 0. The maximum Gasteiger partial charge on any atom is 0.233 e. The number of hydrogen-bond acceptors (Lipinski definition) is 2. The molecule has 0 aromatic heterocycles. The van der Waals surface area contributed by atoms with Crippen molar-refractivity contribution in [2.24, 2.45) is 5.41 Å². The van der Waals surface area contributed by atoms with E-state index in [4.69, 9.17) is 0 Å². The highest BCUT2D eigenvalue weighted by Gasteiger charge is 2.28. The molecule has 0 radical (unpaired) electrons. The van der Waals surface area contributed by atoms with Crippen LogP contribution >= 0.6 is 27.7 Å². The molecule has 4 heteroatoms. The molecule has 0 aliphatic carbocycles. The Morgan fingerprint density at radius 3 is 2.62 bits per heavy atom. The number of amides is 1. The minimum Gasteiger partial charge on any atom is -0.355 e. The van der Waals surface area contributed by atoms with Crippen molar-refractivity contribution in [2.45, 2.75) is 44.8 Å². The van der Waals surface area contributed by atoms with Gasteiger partial charge >= 0.3 is 0 Å². The van der Waals surface area contributed by atoms with Crippen molar-refractivity contribution in [3.8, 4) is 0 Å². The topological polar surface area (TPSA) is 29.1 Å². The van der Waals surface area contributed by atoms with Crippen LogP contribution in [-0.4, -0.2) is 28.8 Å². The van der Waals surface area contributed by atoms with E-state index in [1.54, 1.807) is 11.8 Å². The van der Waals surface area contributed by atoms with Crippen LogP contribution in [0.1, 0.15) is 39.5 Å². The van der Waals surface area contributed by atoms with E-state index in [-0.39, 0.29) is 16.6 Å². The largest absolute Gasteiger partial charge is 0.355 e. The van der Waals surface area contributed by atoms with Gasteiger partial charge in [-0.1, -0.05) is 29.8 Å². The number of nitrogens with one attached hydrogen (secondary N) is 1. The Hall–Kier alpha value is 0.300. The van der Waals surface area contributed by atoms with Gasteiger partial charge < -0.3 is 5.32 Å². The van der Waals surface area contributed by atoms with Gasteiger partial charge in [-0.2, -0.15) is 0 Å². The molecule has 94 valence electrons. The monoisotopic (exact) mass is 307 g/mol. The summed E-state index contributed by atoms with van der Waals surface area (Å²) in [5.74, 6) is 1.39. The van der Waals surface area contributed by atoms with Crippen LogP contribution in [0.3, 0.4) is 0 Å². The summed E-state index contributed by atoms with van der Waals surface area (Å²) < 4.78 is 0. The molecular formula is C12H22BrNOS. The fraction of sp³-hybridized carbons (Fsp3) is 0.917. The van der Waals surface area contributed by atoms with E-state index < -0.39 is 0 Å². The first-order chi connectivity index (χ1) is 7.67. The highest BCUT2D eigenvalue weighted by Crippen LogP contribution is 2.29. The molecule has 1 unspecified atom stereocenters. The quantitative estimate of drug-likeness (QED) is 0.764. The third-order valence-electron chi connectivity index (χ3n) is 3.64. The molecule has 1 saturated heterocycles. The molecule has 1 atom stereocenters. The number of thioether (sulfide) groups is 1. The van der Waals surface area contributed by atoms with Crippen LogP contribution in [0, 0.1) is 5.41 Å². The van der Waals surface area contributed by atoms with Crippen LogP contribution in [0.5, 0.6) is 0 Å². The van der Waals surface area contributed by atoms with Crippen LogP contribution in [0.2, 0.25) is 0 Å². The Kier molecular flexibility index (Phi) is 6.19. The van der Waals surface area contributed by atoms with Crippen molar-refractivity contribution in [3.63, 3.8) is 0 Å². The Bertz CT molecular complexity index is 217. The zero-order valence-corrected chi connectivity index (χ0v) is 12.6. The van der Waals surface area contributed by atoms with E-state index in [2.05, 4.69) is 35.1 Å². The standard InChI is InChI=1S/C12H22BrNOS/c1-3-12(4-2,8-13)9-14-11(15)10-6-5-7-16-10/h10H,3-9H2,1-2H3,(H,14,15). The lowest BCUT2D eigenvalue weighted by Crippen LogP contribution is -2.41. The molecule has 0 spiro atoms. The summed E-state index contributed by atoms with van der Waals surface area (Å²) in [6.07, 6.45) is 4.45. The summed E-state index contributed by atoms with van der Waals surface area (Å²) >= 11 is 5.37. The lowest BCUT2D eigenvalue weighted by molar-refractivity contribution is -0.121. The van der Waals surface area contributed by atoms with E-state index in [9.17, 15) is 4.79 Å². The van der Waals surface area contributed by atoms with E-state index in [0.29, 0.717) is 0 Å². The van der Waals surface area contributed by atoms with Gasteiger partial charge in [-0.25, -0.2) is 0 Å². The number of carbonyl (C=O) groups is 1. The lowest BCUT2D eigenvalue weighted by Gasteiger charge is -2.30. The Labute approximate surface area is 111 Å². The number of rotatable bonds is 6. The first kappa shape index (κ1) is 14.4. The third kappa shape index (κ3) is 3.66. The van der Waals surface area contributed by atoms with E-state index >= 15 is 0 Å². The first-order valence-electron chi connectivity index (χ1n) is 6.12. The Balaban J connectivity index is 2.39. The molecule has 1 aliphatic heterocycles. The molecule has 16 heavy (non-hydrogen) atoms. The average molecular weight is 308 g/mol. The Morgan fingerprint density at radius 1 is 1.50 bits per heavy atom. The number of halogens is 1. The summed E-state index contributed by atoms with van der Waals surface area (Å²) in [6, 6.07) is 0. The highest BCUT2D eigenvalue weighted by molar-refractivity contribution is 9.09. The SMILES string of the molecule is CCC(CC)(CBr)CNC(=O)C1CCCS1. The van der Waals surface area contributed by atoms with Crippen molar-refractivity contribution in [2.75, 3.05) is 17.6 Å². The smallest absolute Gasteiger partial charge is 0.233 e. The molecule has 1 amide bonds. The molecule has 1 heterocycles. The van der Waals surface area contributed by atoms with Crippen molar-refractivity contribution in [1.82, 2.24) is 5.32 Å². The van der Waals surface area contributed by atoms with Crippen LogP contribution in [-0.2, 0) is 4.79 Å². The van der Waals surface area contributed by atoms with Crippen molar-refractivity contribution in [1.29, 1.82) is 0 Å². The molecule has 0 aromatic carbocycles. The highest BCUT2D eigenvalue weighted by atomic mass is 79.9. The zero-order valence-electron chi connectivity index (χ0n) is 10.2. The number of carbonyl (C=O) groups excluding carboxylic acids is 1. The normalized spacial score (nSPS) is 21.1. The van der Waals surface area contributed by atoms with E-state index in [1.165, 1.54) is 6.42 Å². The van der Waals surface area contributed by atoms with Gasteiger partial charge in [-0.05, 0) is 36.9 Å². The van der Waals surface area contributed by atoms with Crippen molar-refractivity contribution < 1.29 is 4.79 Å². The van der Waals surface area contributed by atoms with E-state index in [1.807, 2.05) is 0 Å². The Morgan fingerprint density at radius 2 is 2.19 bits per heavy atom. The maximum atomic E-state index is 11.9. The van der Waals surface area contributed by atoms with Gasteiger partial charge in [-0.15, -0.1) is 11.8 Å². The van der Waals surface area contributed by atoms with Crippen LogP contribution < -0.4 is 5.32 Å². The predicted molar refractivity (Wildman–Crippen MR) is 75.3 cm³/mol. The predicted octanol–water partition coefficient (Wildman–Crippen LogP) is 3.20. The molecule has 0 saturated carbocycles. The summed E-state index contributed by atoms with van der Waals surface area (Å²) in [5, 5.41) is 4.30. The van der Waals surface area contributed by atoms with Crippen LogP contribution in [0.25, 0.3) is 0 Å². The molecule has 1 fully saturated rings.